The third kappa shape index (κ3) is 2.82. The van der Waals surface area contributed by atoms with E-state index < -0.39 is 0 Å². The van der Waals surface area contributed by atoms with E-state index in [1.54, 1.807) is 12.1 Å². The molecular formula is C14H15FN2S. The average molecular weight is 262 g/mol. The van der Waals surface area contributed by atoms with Gasteiger partial charge in [-0.2, -0.15) is 0 Å². The van der Waals surface area contributed by atoms with Crippen molar-refractivity contribution in [3.8, 4) is 11.3 Å². The summed E-state index contributed by atoms with van der Waals surface area (Å²) < 4.78 is 13.9. The zero-order valence-corrected chi connectivity index (χ0v) is 11.3. The standard InChI is InChI=1S/C14H15FN2S/c1-3-4-13-16-12(8-14(18)17-13)11-7-10(15)6-5-9(11)2/h5-8H,3-4H2,1-2H3,(H,16,17,18). The van der Waals surface area contributed by atoms with Gasteiger partial charge in [-0.1, -0.05) is 25.2 Å². The third-order valence-corrected chi connectivity index (χ3v) is 2.98. The molecule has 0 aliphatic heterocycles. The molecule has 94 valence electrons. The van der Waals surface area contributed by atoms with Gasteiger partial charge in [0, 0.05) is 12.0 Å². The summed E-state index contributed by atoms with van der Waals surface area (Å²) >= 11 is 5.15. The van der Waals surface area contributed by atoms with Gasteiger partial charge in [-0.15, -0.1) is 0 Å². The van der Waals surface area contributed by atoms with Crippen LogP contribution in [0.5, 0.6) is 0 Å². The molecule has 2 aromatic rings. The van der Waals surface area contributed by atoms with E-state index in [-0.39, 0.29) is 5.82 Å². The van der Waals surface area contributed by atoms with Gasteiger partial charge < -0.3 is 4.98 Å². The lowest BCUT2D eigenvalue weighted by Gasteiger charge is -2.08. The number of rotatable bonds is 3. The largest absolute Gasteiger partial charge is 0.343 e. The van der Waals surface area contributed by atoms with Gasteiger partial charge in [0.25, 0.3) is 0 Å². The molecular weight excluding hydrogens is 247 g/mol. The molecule has 18 heavy (non-hydrogen) atoms. The second kappa shape index (κ2) is 5.40. The fourth-order valence-electron chi connectivity index (χ4n) is 1.89. The van der Waals surface area contributed by atoms with Crippen LogP contribution in [0.25, 0.3) is 11.3 Å². The highest BCUT2D eigenvalue weighted by Gasteiger charge is 2.06. The van der Waals surface area contributed by atoms with E-state index in [2.05, 4.69) is 16.9 Å². The van der Waals surface area contributed by atoms with Crippen molar-refractivity contribution >= 4 is 12.2 Å². The van der Waals surface area contributed by atoms with Crippen LogP contribution < -0.4 is 0 Å². The van der Waals surface area contributed by atoms with Crippen LogP contribution in [0.15, 0.2) is 24.3 Å². The predicted molar refractivity (Wildman–Crippen MR) is 73.5 cm³/mol. The van der Waals surface area contributed by atoms with Gasteiger partial charge in [-0.25, -0.2) is 9.37 Å². The number of H-pyrrole nitrogens is 1. The number of nitrogens with one attached hydrogen (secondary N) is 1. The lowest BCUT2D eigenvalue weighted by atomic mass is 10.1. The number of halogens is 1. The molecule has 0 fully saturated rings. The number of aromatic nitrogens is 2. The van der Waals surface area contributed by atoms with Gasteiger partial charge in [-0.3, -0.25) is 0 Å². The van der Waals surface area contributed by atoms with E-state index in [1.165, 1.54) is 12.1 Å². The van der Waals surface area contributed by atoms with Crippen molar-refractivity contribution in [3.63, 3.8) is 0 Å². The summed E-state index contributed by atoms with van der Waals surface area (Å²) in [7, 11) is 0. The minimum absolute atomic E-state index is 0.247. The summed E-state index contributed by atoms with van der Waals surface area (Å²) in [5.74, 6) is 0.604. The van der Waals surface area contributed by atoms with Crippen molar-refractivity contribution in [1.29, 1.82) is 0 Å². The van der Waals surface area contributed by atoms with Gasteiger partial charge in [0.2, 0.25) is 0 Å². The van der Waals surface area contributed by atoms with Crippen molar-refractivity contribution in [2.75, 3.05) is 0 Å². The molecule has 0 saturated carbocycles. The Morgan fingerprint density at radius 3 is 2.83 bits per heavy atom. The van der Waals surface area contributed by atoms with E-state index >= 15 is 0 Å². The number of aryl methyl sites for hydroxylation is 2. The molecule has 2 nitrogen and oxygen atoms in total. The van der Waals surface area contributed by atoms with E-state index in [1.807, 2.05) is 6.92 Å². The quantitative estimate of drug-likeness (QED) is 0.839. The lowest BCUT2D eigenvalue weighted by Crippen LogP contribution is -1.98. The molecule has 0 bridgehead atoms. The molecule has 0 spiro atoms. The molecule has 0 aliphatic rings. The summed E-state index contributed by atoms with van der Waals surface area (Å²) in [6, 6.07) is 6.52. The molecule has 0 amide bonds. The van der Waals surface area contributed by atoms with Crippen LogP contribution in [0.1, 0.15) is 24.7 Å². The fraction of sp³-hybridized carbons (Fsp3) is 0.286. The van der Waals surface area contributed by atoms with E-state index in [0.29, 0.717) is 4.64 Å². The second-order valence-electron chi connectivity index (χ2n) is 4.29. The Hall–Kier alpha value is -1.55. The Labute approximate surface area is 111 Å². The van der Waals surface area contributed by atoms with Crippen molar-refractivity contribution in [2.45, 2.75) is 26.7 Å². The predicted octanol–water partition coefficient (Wildman–Crippen LogP) is 4.21. The third-order valence-electron chi connectivity index (χ3n) is 2.77. The van der Waals surface area contributed by atoms with Gasteiger partial charge in [-0.05, 0) is 37.1 Å². The Bertz CT molecular complexity index is 619. The SMILES string of the molecule is CCCc1nc(=S)cc(-c2cc(F)ccc2C)[nH]1. The van der Waals surface area contributed by atoms with Crippen molar-refractivity contribution in [1.82, 2.24) is 9.97 Å². The Kier molecular flexibility index (Phi) is 3.87. The molecule has 2 rings (SSSR count). The number of hydrogen-bond donors (Lipinski definition) is 1. The van der Waals surface area contributed by atoms with Crippen LogP contribution in [0.3, 0.4) is 0 Å². The summed E-state index contributed by atoms with van der Waals surface area (Å²) in [6.07, 6.45) is 1.83. The first kappa shape index (κ1) is 12.9. The zero-order chi connectivity index (χ0) is 13.1. The summed E-state index contributed by atoms with van der Waals surface area (Å²) in [4.78, 5) is 7.49. The van der Waals surface area contributed by atoms with Crippen molar-refractivity contribution in [3.05, 3.63) is 46.1 Å². The first-order valence-electron chi connectivity index (χ1n) is 5.97. The van der Waals surface area contributed by atoms with E-state index in [4.69, 9.17) is 12.2 Å². The Morgan fingerprint density at radius 1 is 1.33 bits per heavy atom. The van der Waals surface area contributed by atoms with Gasteiger partial charge in [0.1, 0.15) is 16.3 Å². The molecule has 0 unspecified atom stereocenters. The van der Waals surface area contributed by atoms with Gasteiger partial charge >= 0.3 is 0 Å². The molecule has 0 aliphatic carbocycles. The maximum absolute atomic E-state index is 13.3. The van der Waals surface area contributed by atoms with Crippen LogP contribution in [-0.4, -0.2) is 9.97 Å². The van der Waals surface area contributed by atoms with Crippen LogP contribution in [0.2, 0.25) is 0 Å². The number of hydrogen-bond acceptors (Lipinski definition) is 2. The normalized spacial score (nSPS) is 10.6. The van der Waals surface area contributed by atoms with Gasteiger partial charge in [0.05, 0.1) is 5.69 Å². The number of aromatic amines is 1. The average Bonchev–Trinajstić information content (AvgIpc) is 2.32. The van der Waals surface area contributed by atoms with E-state index in [9.17, 15) is 4.39 Å². The highest BCUT2D eigenvalue weighted by molar-refractivity contribution is 7.71. The minimum atomic E-state index is -0.247. The smallest absolute Gasteiger partial charge is 0.130 e. The molecule has 1 heterocycles. The monoisotopic (exact) mass is 262 g/mol. The second-order valence-corrected chi connectivity index (χ2v) is 4.71. The highest BCUT2D eigenvalue weighted by Crippen LogP contribution is 2.22. The van der Waals surface area contributed by atoms with E-state index in [0.717, 1.165) is 35.5 Å². The maximum Gasteiger partial charge on any atom is 0.130 e. The molecule has 0 saturated heterocycles. The fourth-order valence-corrected chi connectivity index (χ4v) is 2.12. The highest BCUT2D eigenvalue weighted by atomic mass is 32.1. The van der Waals surface area contributed by atoms with Crippen molar-refractivity contribution < 1.29 is 4.39 Å². The molecule has 4 heteroatoms. The lowest BCUT2D eigenvalue weighted by molar-refractivity contribution is 0.628. The zero-order valence-electron chi connectivity index (χ0n) is 10.5. The van der Waals surface area contributed by atoms with Crippen LogP contribution in [-0.2, 0) is 6.42 Å². The first-order valence-corrected chi connectivity index (χ1v) is 6.37. The van der Waals surface area contributed by atoms with Crippen LogP contribution >= 0.6 is 12.2 Å². The van der Waals surface area contributed by atoms with Gasteiger partial charge in [0.15, 0.2) is 0 Å². The summed E-state index contributed by atoms with van der Waals surface area (Å²) in [5, 5.41) is 0. The minimum Gasteiger partial charge on any atom is -0.343 e. The first-order chi connectivity index (χ1) is 8.60. The van der Waals surface area contributed by atoms with Crippen LogP contribution in [0.4, 0.5) is 4.39 Å². The molecule has 1 aromatic carbocycles. The topological polar surface area (TPSA) is 28.7 Å². The van der Waals surface area contributed by atoms with Crippen molar-refractivity contribution in [2.24, 2.45) is 0 Å². The maximum atomic E-state index is 13.3. The molecule has 1 aromatic heterocycles. The molecule has 0 radical (unpaired) electrons. The summed E-state index contributed by atoms with van der Waals surface area (Å²) in [5.41, 5.74) is 2.67. The Balaban J connectivity index is 2.56. The summed E-state index contributed by atoms with van der Waals surface area (Å²) in [6.45, 7) is 4.03. The number of benzene rings is 1. The number of nitrogens with zero attached hydrogens (tertiary/aromatic N) is 1. The molecule has 0 atom stereocenters. The van der Waals surface area contributed by atoms with Crippen LogP contribution in [0, 0.1) is 17.4 Å². The Morgan fingerprint density at radius 2 is 2.11 bits per heavy atom. The molecule has 1 N–H and O–H groups in total.